The maximum atomic E-state index is 14.4. The molecule has 0 amide bonds. The fourth-order valence-corrected chi connectivity index (χ4v) is 6.89. The van der Waals surface area contributed by atoms with Crippen molar-refractivity contribution >= 4 is 16.7 Å². The number of rotatable bonds is 10. The number of aryl methyl sites for hydroxylation is 1. The van der Waals surface area contributed by atoms with Crippen LogP contribution in [0.1, 0.15) is 55.3 Å². The number of hydrogen-bond acceptors (Lipinski definition) is 8. The lowest BCUT2D eigenvalue weighted by atomic mass is 9.97. The number of benzene rings is 1. The Hall–Kier alpha value is -4.79. The summed E-state index contributed by atoms with van der Waals surface area (Å²) < 4.78 is 3.57. The van der Waals surface area contributed by atoms with Gasteiger partial charge in [0.05, 0.1) is 11.6 Å². The molecule has 0 spiro atoms. The Morgan fingerprint density at radius 2 is 2.00 bits per heavy atom. The SMILES string of the molecule is CNCCN(C)c1cc(-c2ccc(C#N)cc2-c2nncn2C)cc(-n2cc(C3CC3)c3cc(CN4CCC[C@H](C)C4)[nH]c3c2=O)n1. The van der Waals surface area contributed by atoms with Crippen molar-refractivity contribution in [3.05, 3.63) is 76.1 Å². The smallest absolute Gasteiger partial charge is 0.280 e. The number of fused-ring (bicyclic) bond motifs is 1. The third kappa shape index (κ3) is 6.19. The molecule has 2 N–H and O–H groups in total. The van der Waals surface area contributed by atoms with Crippen molar-refractivity contribution in [3.63, 3.8) is 0 Å². The van der Waals surface area contributed by atoms with Crippen molar-refractivity contribution in [2.45, 2.75) is 45.1 Å². The van der Waals surface area contributed by atoms with Crippen LogP contribution in [0, 0.1) is 17.2 Å². The van der Waals surface area contributed by atoms with E-state index < -0.39 is 0 Å². The second-order valence-corrected chi connectivity index (χ2v) is 13.3. The van der Waals surface area contributed by atoms with Crippen molar-refractivity contribution in [1.82, 2.24) is 39.5 Å². The van der Waals surface area contributed by atoms with Gasteiger partial charge in [-0.05, 0) is 98.1 Å². The number of pyridine rings is 2. The Morgan fingerprint density at radius 3 is 2.72 bits per heavy atom. The van der Waals surface area contributed by atoms with E-state index >= 15 is 0 Å². The second-order valence-electron chi connectivity index (χ2n) is 13.3. The fourth-order valence-electron chi connectivity index (χ4n) is 6.89. The highest BCUT2D eigenvalue weighted by molar-refractivity contribution is 5.85. The lowest BCUT2D eigenvalue weighted by molar-refractivity contribution is 0.175. The van der Waals surface area contributed by atoms with Crippen LogP contribution < -0.4 is 15.8 Å². The molecule has 11 heteroatoms. The molecule has 0 unspecified atom stereocenters. The zero-order valence-corrected chi connectivity index (χ0v) is 27.6. The molecule has 11 nitrogen and oxygen atoms in total. The van der Waals surface area contributed by atoms with Gasteiger partial charge in [0.1, 0.15) is 23.5 Å². The minimum Gasteiger partial charge on any atom is -0.358 e. The van der Waals surface area contributed by atoms with E-state index in [0.29, 0.717) is 34.6 Å². The van der Waals surface area contributed by atoms with Crippen molar-refractivity contribution in [2.24, 2.45) is 13.0 Å². The lowest BCUT2D eigenvalue weighted by Gasteiger charge is -2.30. The van der Waals surface area contributed by atoms with Gasteiger partial charge < -0.3 is 19.8 Å². The first-order chi connectivity index (χ1) is 22.8. The van der Waals surface area contributed by atoms with E-state index in [0.717, 1.165) is 79.2 Å². The summed E-state index contributed by atoms with van der Waals surface area (Å²) in [5, 5.41) is 22.4. The van der Waals surface area contributed by atoms with Gasteiger partial charge in [0.2, 0.25) is 0 Å². The first-order valence-corrected chi connectivity index (χ1v) is 16.6. The number of H-pyrrole nitrogens is 1. The van der Waals surface area contributed by atoms with Gasteiger partial charge in [-0.15, -0.1) is 10.2 Å². The van der Waals surface area contributed by atoms with Crippen LogP contribution in [0.5, 0.6) is 0 Å². The molecule has 0 radical (unpaired) electrons. The second kappa shape index (κ2) is 12.8. The monoisotopic (exact) mass is 630 g/mol. The first-order valence-electron chi connectivity index (χ1n) is 16.6. The summed E-state index contributed by atoms with van der Waals surface area (Å²) in [7, 11) is 5.82. The quantitative estimate of drug-likeness (QED) is 0.225. The van der Waals surface area contributed by atoms with Crippen molar-refractivity contribution in [1.29, 1.82) is 5.26 Å². The molecular formula is C36H42N10O. The Morgan fingerprint density at radius 1 is 1.15 bits per heavy atom. The van der Waals surface area contributed by atoms with Gasteiger partial charge in [-0.2, -0.15) is 5.26 Å². The number of nitrogens with zero attached hydrogens (tertiary/aromatic N) is 8. The molecule has 1 aromatic carbocycles. The molecule has 5 aromatic rings. The largest absolute Gasteiger partial charge is 0.358 e. The van der Waals surface area contributed by atoms with Crippen LogP contribution in [0.3, 0.4) is 0 Å². The summed E-state index contributed by atoms with van der Waals surface area (Å²) in [6, 6.07) is 14.1. The number of aromatic amines is 1. The van der Waals surface area contributed by atoms with Crippen LogP contribution in [-0.4, -0.2) is 74.5 Å². The molecule has 1 saturated carbocycles. The van der Waals surface area contributed by atoms with E-state index in [9.17, 15) is 10.1 Å². The van der Waals surface area contributed by atoms with Crippen LogP contribution in [0.15, 0.2) is 53.7 Å². The average molecular weight is 631 g/mol. The highest BCUT2D eigenvalue weighted by Gasteiger charge is 2.29. The van der Waals surface area contributed by atoms with Crippen LogP contribution >= 0.6 is 0 Å². The fraction of sp³-hybridized carbons (Fsp3) is 0.417. The molecular weight excluding hydrogens is 588 g/mol. The molecule has 1 aliphatic carbocycles. The Bertz CT molecular complexity index is 2030. The third-order valence-corrected chi connectivity index (χ3v) is 9.58. The van der Waals surface area contributed by atoms with Crippen molar-refractivity contribution < 1.29 is 0 Å². The van der Waals surface area contributed by atoms with E-state index in [1.165, 1.54) is 18.4 Å². The Kier molecular flexibility index (Phi) is 8.39. The maximum absolute atomic E-state index is 14.4. The number of aromatic nitrogens is 6. The predicted molar refractivity (Wildman–Crippen MR) is 185 cm³/mol. The van der Waals surface area contributed by atoms with Gasteiger partial charge in [-0.1, -0.05) is 13.0 Å². The van der Waals surface area contributed by atoms with Gasteiger partial charge in [-0.3, -0.25) is 14.3 Å². The van der Waals surface area contributed by atoms with Crippen LogP contribution in [0.25, 0.3) is 39.2 Å². The minimum atomic E-state index is -0.107. The van der Waals surface area contributed by atoms with Gasteiger partial charge in [0.25, 0.3) is 5.56 Å². The third-order valence-electron chi connectivity index (χ3n) is 9.58. The Labute approximate surface area is 274 Å². The molecule has 1 aliphatic heterocycles. The molecule has 47 heavy (non-hydrogen) atoms. The number of nitriles is 1. The molecule has 7 rings (SSSR count). The highest BCUT2D eigenvalue weighted by atomic mass is 16.1. The summed E-state index contributed by atoms with van der Waals surface area (Å²) in [6.07, 6.45) is 8.41. The van der Waals surface area contributed by atoms with E-state index in [2.05, 4.69) is 49.4 Å². The lowest BCUT2D eigenvalue weighted by Crippen LogP contribution is -2.33. The average Bonchev–Trinajstić information content (AvgIpc) is 3.69. The van der Waals surface area contributed by atoms with Gasteiger partial charge >= 0.3 is 0 Å². The summed E-state index contributed by atoms with van der Waals surface area (Å²) in [4.78, 5) is 27.6. The van der Waals surface area contributed by atoms with Gasteiger partial charge in [0.15, 0.2) is 5.82 Å². The predicted octanol–water partition coefficient (Wildman–Crippen LogP) is 4.81. The number of likely N-dealkylation sites (tertiary alicyclic amines) is 1. The summed E-state index contributed by atoms with van der Waals surface area (Å²) >= 11 is 0. The summed E-state index contributed by atoms with van der Waals surface area (Å²) in [6.45, 7) is 6.82. The molecule has 5 heterocycles. The summed E-state index contributed by atoms with van der Waals surface area (Å²) in [5.41, 5.74) is 5.89. The Balaban J connectivity index is 1.38. The van der Waals surface area contributed by atoms with E-state index in [1.54, 1.807) is 10.9 Å². The number of likely N-dealkylation sites (N-methyl/N-ethyl adjacent to an activating group) is 2. The number of hydrogen-bond donors (Lipinski definition) is 2. The zero-order chi connectivity index (χ0) is 32.7. The van der Waals surface area contributed by atoms with E-state index in [1.807, 2.05) is 62.2 Å². The van der Waals surface area contributed by atoms with E-state index in [4.69, 9.17) is 4.98 Å². The van der Waals surface area contributed by atoms with Crippen LogP contribution in [-0.2, 0) is 13.6 Å². The standard InChI is InChI=1S/C36H42N10O/c1-23-6-5-12-45(19-23)20-27-17-29-31(25-8-9-25)21-46(36(47)34(29)40-27)33-16-26(15-32(41-33)43(3)13-11-38-2)28-10-7-24(18-37)14-30(28)35-42-39-22-44(35)4/h7,10,14-17,21-23,25,38,40H,5-6,8-9,11-13,19-20H2,1-4H3/t23-/m0/s1. The van der Waals surface area contributed by atoms with Gasteiger partial charge in [-0.25, -0.2) is 4.98 Å². The topological polar surface area (TPSA) is 124 Å². The zero-order valence-electron chi connectivity index (χ0n) is 27.6. The first kappa shape index (κ1) is 30.8. The van der Waals surface area contributed by atoms with Crippen LogP contribution in [0.4, 0.5) is 5.82 Å². The van der Waals surface area contributed by atoms with E-state index in [-0.39, 0.29) is 5.56 Å². The molecule has 4 aromatic heterocycles. The molecule has 242 valence electrons. The normalized spacial score (nSPS) is 16.9. The molecule has 1 saturated heterocycles. The van der Waals surface area contributed by atoms with Crippen molar-refractivity contribution in [3.8, 4) is 34.4 Å². The summed E-state index contributed by atoms with van der Waals surface area (Å²) in [5.74, 6) is 3.07. The maximum Gasteiger partial charge on any atom is 0.280 e. The molecule has 2 aliphatic rings. The number of piperidine rings is 1. The molecule has 0 bridgehead atoms. The van der Waals surface area contributed by atoms with Gasteiger partial charge in [0, 0.05) is 63.1 Å². The number of nitrogens with one attached hydrogen (secondary N) is 2. The van der Waals surface area contributed by atoms with Crippen molar-refractivity contribution in [2.75, 3.05) is 45.2 Å². The molecule has 1 atom stereocenters. The minimum absolute atomic E-state index is 0.107. The number of anilines is 1. The molecule has 2 fully saturated rings. The van der Waals surface area contributed by atoms with Crippen LogP contribution in [0.2, 0.25) is 0 Å². The highest BCUT2D eigenvalue weighted by Crippen LogP contribution is 2.43.